The molecule has 4 nitrogen and oxygen atoms in total. The van der Waals surface area contributed by atoms with E-state index >= 15 is 0 Å². The molecule has 0 bridgehead atoms. The fraction of sp³-hybridized carbons (Fsp3) is 0.923. The first kappa shape index (κ1) is 12.8. The van der Waals surface area contributed by atoms with Crippen LogP contribution in [0.25, 0.3) is 0 Å². The topological polar surface area (TPSA) is 41.6 Å². The molecule has 98 valence electrons. The van der Waals surface area contributed by atoms with E-state index in [2.05, 4.69) is 12.2 Å². The van der Waals surface area contributed by atoms with Gasteiger partial charge in [0.05, 0.1) is 12.1 Å². The molecule has 2 fully saturated rings. The average molecular weight is 240 g/mol. The molecule has 4 heteroatoms. The summed E-state index contributed by atoms with van der Waals surface area (Å²) in [7, 11) is 0. The van der Waals surface area contributed by atoms with Crippen molar-refractivity contribution in [1.29, 1.82) is 0 Å². The van der Waals surface area contributed by atoms with Crippen molar-refractivity contribution < 1.29 is 9.53 Å². The highest BCUT2D eigenvalue weighted by molar-refractivity contribution is 5.86. The van der Waals surface area contributed by atoms with Gasteiger partial charge >= 0.3 is 0 Å². The van der Waals surface area contributed by atoms with Gasteiger partial charge in [-0.05, 0) is 32.2 Å². The zero-order valence-corrected chi connectivity index (χ0v) is 10.8. The fourth-order valence-electron chi connectivity index (χ4n) is 2.99. The van der Waals surface area contributed by atoms with Crippen molar-refractivity contribution in [2.75, 3.05) is 32.8 Å². The number of nitrogens with zero attached hydrogens (tertiary/aromatic N) is 1. The van der Waals surface area contributed by atoms with Crippen LogP contribution in [0.3, 0.4) is 0 Å². The minimum absolute atomic E-state index is 0.265. The van der Waals surface area contributed by atoms with E-state index in [1.54, 1.807) is 0 Å². The van der Waals surface area contributed by atoms with Gasteiger partial charge in [0, 0.05) is 19.7 Å². The first-order valence-electron chi connectivity index (χ1n) is 6.91. The Balaban J connectivity index is 2.04. The highest BCUT2D eigenvalue weighted by atomic mass is 16.5. The van der Waals surface area contributed by atoms with E-state index in [0.717, 1.165) is 58.3 Å². The minimum Gasteiger partial charge on any atom is -0.380 e. The van der Waals surface area contributed by atoms with Gasteiger partial charge < -0.3 is 15.0 Å². The molecule has 17 heavy (non-hydrogen) atoms. The summed E-state index contributed by atoms with van der Waals surface area (Å²) in [5.41, 5.74) is -0.265. The summed E-state index contributed by atoms with van der Waals surface area (Å²) in [5.74, 6) is 0.308. The van der Waals surface area contributed by atoms with Crippen LogP contribution in [0.15, 0.2) is 0 Å². The summed E-state index contributed by atoms with van der Waals surface area (Å²) in [5, 5.41) is 3.46. The lowest BCUT2D eigenvalue weighted by atomic mass is 9.90. The molecule has 0 aromatic heterocycles. The van der Waals surface area contributed by atoms with Crippen molar-refractivity contribution in [2.24, 2.45) is 0 Å². The summed E-state index contributed by atoms with van der Waals surface area (Å²) in [6, 6.07) is 0. The van der Waals surface area contributed by atoms with Crippen molar-refractivity contribution in [2.45, 2.75) is 44.6 Å². The van der Waals surface area contributed by atoms with Crippen molar-refractivity contribution >= 4 is 5.91 Å². The number of ether oxygens (including phenoxy) is 1. The van der Waals surface area contributed by atoms with Gasteiger partial charge in [-0.25, -0.2) is 0 Å². The van der Waals surface area contributed by atoms with Gasteiger partial charge in [-0.15, -0.1) is 0 Å². The molecule has 2 rings (SSSR count). The van der Waals surface area contributed by atoms with Gasteiger partial charge in [0.15, 0.2) is 0 Å². The van der Waals surface area contributed by atoms with Crippen molar-refractivity contribution in [3.8, 4) is 0 Å². The zero-order valence-electron chi connectivity index (χ0n) is 10.8. The molecule has 2 saturated heterocycles. The normalized spacial score (nSPS) is 30.3. The lowest BCUT2D eigenvalue weighted by Crippen LogP contribution is -2.55. The third-order valence-electron chi connectivity index (χ3n) is 3.84. The molecule has 1 amide bonds. The molecular weight excluding hydrogens is 216 g/mol. The molecule has 0 aliphatic carbocycles. The molecule has 2 heterocycles. The predicted octanol–water partition coefficient (Wildman–Crippen LogP) is 1.16. The highest BCUT2D eigenvalue weighted by Crippen LogP contribution is 2.27. The molecule has 0 spiro atoms. The second kappa shape index (κ2) is 5.83. The minimum atomic E-state index is -0.265. The molecule has 1 N–H and O–H groups in total. The van der Waals surface area contributed by atoms with Gasteiger partial charge in [-0.3, -0.25) is 4.79 Å². The first-order chi connectivity index (χ1) is 8.28. The standard InChI is InChI=1S/C13H24N2O2/c1-2-5-13(6-3-7-14-13)12(16)15-8-4-10-17-11-9-15/h14H,2-11H2,1H3. The molecule has 2 aliphatic heterocycles. The Bertz CT molecular complexity index is 254. The Morgan fingerprint density at radius 1 is 1.35 bits per heavy atom. The van der Waals surface area contributed by atoms with Crippen LogP contribution in [0.2, 0.25) is 0 Å². The first-order valence-corrected chi connectivity index (χ1v) is 6.91. The Morgan fingerprint density at radius 2 is 2.24 bits per heavy atom. The third kappa shape index (κ3) is 2.80. The Morgan fingerprint density at radius 3 is 2.94 bits per heavy atom. The largest absolute Gasteiger partial charge is 0.380 e. The SMILES string of the molecule is CCCC1(C(=O)N2CCCOCC2)CCCN1. The number of rotatable bonds is 3. The predicted molar refractivity (Wildman–Crippen MR) is 66.9 cm³/mol. The van der Waals surface area contributed by atoms with Crippen LogP contribution in [0.1, 0.15) is 39.0 Å². The highest BCUT2D eigenvalue weighted by Gasteiger charge is 2.42. The van der Waals surface area contributed by atoms with Gasteiger partial charge in [-0.2, -0.15) is 0 Å². The van der Waals surface area contributed by atoms with E-state index in [1.165, 1.54) is 0 Å². The van der Waals surface area contributed by atoms with Crippen LogP contribution in [-0.4, -0.2) is 49.2 Å². The van der Waals surface area contributed by atoms with Gasteiger partial charge in [0.1, 0.15) is 0 Å². The lowest BCUT2D eigenvalue weighted by Gasteiger charge is -2.33. The molecule has 0 saturated carbocycles. The maximum atomic E-state index is 12.7. The van der Waals surface area contributed by atoms with Crippen LogP contribution >= 0.6 is 0 Å². The lowest BCUT2D eigenvalue weighted by molar-refractivity contribution is -0.138. The van der Waals surface area contributed by atoms with E-state index < -0.39 is 0 Å². The van der Waals surface area contributed by atoms with Crippen LogP contribution < -0.4 is 5.32 Å². The third-order valence-corrected chi connectivity index (χ3v) is 3.84. The van der Waals surface area contributed by atoms with Crippen LogP contribution in [0, 0.1) is 0 Å². The van der Waals surface area contributed by atoms with E-state index in [9.17, 15) is 4.79 Å². The molecule has 1 atom stereocenters. The van der Waals surface area contributed by atoms with Gasteiger partial charge in [0.2, 0.25) is 5.91 Å². The van der Waals surface area contributed by atoms with Gasteiger partial charge in [-0.1, -0.05) is 13.3 Å². The molecule has 0 radical (unpaired) electrons. The monoisotopic (exact) mass is 240 g/mol. The number of amides is 1. The van der Waals surface area contributed by atoms with E-state index in [4.69, 9.17) is 4.74 Å². The Hall–Kier alpha value is -0.610. The number of carbonyl (C=O) groups excluding carboxylic acids is 1. The molecule has 2 aliphatic rings. The van der Waals surface area contributed by atoms with Gasteiger partial charge in [0.25, 0.3) is 0 Å². The quantitative estimate of drug-likeness (QED) is 0.805. The second-order valence-corrected chi connectivity index (χ2v) is 5.12. The number of carbonyl (C=O) groups is 1. The maximum absolute atomic E-state index is 12.7. The fourth-order valence-corrected chi connectivity index (χ4v) is 2.99. The Kier molecular flexibility index (Phi) is 4.40. The smallest absolute Gasteiger partial charge is 0.242 e. The van der Waals surface area contributed by atoms with Crippen LogP contribution in [0.4, 0.5) is 0 Å². The zero-order chi connectivity index (χ0) is 12.1. The number of nitrogens with one attached hydrogen (secondary N) is 1. The summed E-state index contributed by atoms with van der Waals surface area (Å²) in [6.07, 6.45) is 5.10. The average Bonchev–Trinajstić information content (AvgIpc) is 2.65. The Labute approximate surface area is 104 Å². The molecular formula is C13H24N2O2. The molecule has 0 aromatic carbocycles. The summed E-state index contributed by atoms with van der Waals surface area (Å²) < 4.78 is 5.42. The van der Waals surface area contributed by atoms with Crippen molar-refractivity contribution in [3.63, 3.8) is 0 Å². The number of hydrogen-bond acceptors (Lipinski definition) is 3. The summed E-state index contributed by atoms with van der Waals surface area (Å²) >= 11 is 0. The van der Waals surface area contributed by atoms with Crippen LogP contribution in [0.5, 0.6) is 0 Å². The maximum Gasteiger partial charge on any atom is 0.242 e. The van der Waals surface area contributed by atoms with E-state index in [1.807, 2.05) is 4.90 Å². The van der Waals surface area contributed by atoms with Crippen LogP contribution in [-0.2, 0) is 9.53 Å². The van der Waals surface area contributed by atoms with E-state index in [-0.39, 0.29) is 5.54 Å². The van der Waals surface area contributed by atoms with Crippen molar-refractivity contribution in [3.05, 3.63) is 0 Å². The van der Waals surface area contributed by atoms with Crippen molar-refractivity contribution in [1.82, 2.24) is 10.2 Å². The molecule has 0 aromatic rings. The number of hydrogen-bond donors (Lipinski definition) is 1. The van der Waals surface area contributed by atoms with E-state index in [0.29, 0.717) is 12.5 Å². The second-order valence-electron chi connectivity index (χ2n) is 5.12. The molecule has 1 unspecified atom stereocenters. The summed E-state index contributed by atoms with van der Waals surface area (Å²) in [4.78, 5) is 14.7. The summed E-state index contributed by atoms with van der Waals surface area (Å²) in [6.45, 7) is 6.22.